The van der Waals surface area contributed by atoms with Crippen molar-refractivity contribution in [2.75, 3.05) is 47.0 Å². The van der Waals surface area contributed by atoms with Crippen molar-refractivity contribution < 1.29 is 81.3 Å². The third kappa shape index (κ3) is 21.5. The van der Waals surface area contributed by atoms with E-state index in [4.69, 9.17) is 29.7 Å². The van der Waals surface area contributed by atoms with Gasteiger partial charge in [0.05, 0.1) is 42.0 Å². The summed E-state index contributed by atoms with van der Waals surface area (Å²) in [7, 11) is 5.66. The number of nitrogens with one attached hydrogen (secondary N) is 4. The number of esters is 2. The molecular formula is C82H120N10O18. The number of rotatable bonds is 21. The number of cyclic esters (lactones) is 2. The Morgan fingerprint density at radius 1 is 0.591 bits per heavy atom. The van der Waals surface area contributed by atoms with Crippen LogP contribution < -0.4 is 32.4 Å². The first-order valence-electron chi connectivity index (χ1n) is 39.7. The molecule has 8 rings (SSSR count). The SMILES string of the molecule is Cc1c2oc3c(C)ccc(C(=O)NC4C(=O)NC(C(C)C)C(=O)C5CCCC5C(=O)N(C)CC(=O)N(C)C(C(C)C)C(=O)OC4C)c3nc-2c(C(=O)NC2C(=O)NC(C(C)C)C(=O)C3CCCC3C(=O)N(C)CC(=O)N(C)C(C(C)C)C(=O)OC2C)c(N)c1=O.O=C(O)CCCCCCCCCCCCC1C=CCC1. The summed E-state index contributed by atoms with van der Waals surface area (Å²) >= 11 is 0. The van der Waals surface area contributed by atoms with Gasteiger partial charge < -0.3 is 65.6 Å². The monoisotopic (exact) mass is 1530 g/mol. The zero-order chi connectivity index (χ0) is 81.4. The Bertz CT molecular complexity index is 3940. The second-order valence-electron chi connectivity index (χ2n) is 32.5. The number of ketones is 2. The molecule has 13 unspecified atom stereocenters. The van der Waals surface area contributed by atoms with Crippen molar-refractivity contribution in [3.63, 3.8) is 0 Å². The molecule has 4 aliphatic carbocycles. The highest BCUT2D eigenvalue weighted by molar-refractivity contribution is 6.11. The minimum atomic E-state index is -1.86. The van der Waals surface area contributed by atoms with Crippen molar-refractivity contribution in [3.8, 4) is 11.5 Å². The third-order valence-corrected chi connectivity index (χ3v) is 22.7. The number of ether oxygens (including phenoxy) is 2. The Kier molecular flexibility index (Phi) is 31.8. The van der Waals surface area contributed by atoms with Gasteiger partial charge in [0, 0.05) is 63.8 Å². The van der Waals surface area contributed by atoms with Gasteiger partial charge in [-0.1, -0.05) is 144 Å². The molecule has 28 nitrogen and oxygen atoms in total. The van der Waals surface area contributed by atoms with Gasteiger partial charge in [0.15, 0.2) is 22.9 Å². The number of fused-ring (bicyclic) bond motifs is 4. The zero-order valence-corrected chi connectivity index (χ0v) is 67.4. The van der Waals surface area contributed by atoms with Crippen LogP contribution in [-0.2, 0) is 62.2 Å². The van der Waals surface area contributed by atoms with Gasteiger partial charge >= 0.3 is 17.9 Å². The number of hydrogen-bond acceptors (Lipinski definition) is 19. The van der Waals surface area contributed by atoms with Crippen LogP contribution in [0.5, 0.6) is 0 Å². The van der Waals surface area contributed by atoms with Crippen LogP contribution >= 0.6 is 0 Å². The molecule has 7 aliphatic rings. The predicted molar refractivity (Wildman–Crippen MR) is 413 cm³/mol. The Hall–Kier alpha value is -9.11. The lowest BCUT2D eigenvalue weighted by molar-refractivity contribution is -0.163. The maximum Gasteiger partial charge on any atom is 0.329 e. The van der Waals surface area contributed by atoms with Crippen LogP contribution in [0, 0.1) is 67.1 Å². The summed E-state index contributed by atoms with van der Waals surface area (Å²) in [6, 6.07) is -5.71. The van der Waals surface area contributed by atoms with Crippen molar-refractivity contribution in [1.29, 1.82) is 0 Å². The van der Waals surface area contributed by atoms with Crippen molar-refractivity contribution >= 4 is 93.5 Å². The number of nitrogens with two attached hydrogens (primary N) is 1. The number of carbonyl (C=O) groups is 13. The van der Waals surface area contributed by atoms with Gasteiger partial charge in [-0.15, -0.1) is 0 Å². The Balaban J connectivity index is 0.000000728. The van der Waals surface area contributed by atoms with Gasteiger partial charge in [-0.25, -0.2) is 14.6 Å². The summed E-state index contributed by atoms with van der Waals surface area (Å²) in [6.45, 7) is 18.3. The van der Waals surface area contributed by atoms with Crippen LogP contribution in [0.15, 0.2) is 33.5 Å². The number of carboxylic acids is 1. The maximum absolute atomic E-state index is 15.2. The molecule has 0 radical (unpaired) electrons. The first-order chi connectivity index (χ1) is 51.9. The molecule has 28 heteroatoms. The molecule has 110 heavy (non-hydrogen) atoms. The summed E-state index contributed by atoms with van der Waals surface area (Å²) in [5.41, 5.74) is 3.67. The van der Waals surface area contributed by atoms with Crippen LogP contribution in [0.1, 0.15) is 229 Å². The molecule has 4 fully saturated rings. The fraction of sp³-hybridized carbons (Fsp3) is 0.671. The van der Waals surface area contributed by atoms with Crippen molar-refractivity contribution in [3.05, 3.63) is 56.8 Å². The van der Waals surface area contributed by atoms with Gasteiger partial charge in [-0.2, -0.15) is 0 Å². The molecule has 1 aromatic rings. The van der Waals surface area contributed by atoms with E-state index in [1.54, 1.807) is 62.3 Å². The topological polar surface area (TPSA) is 391 Å². The highest BCUT2D eigenvalue weighted by atomic mass is 16.6. The first-order valence-corrected chi connectivity index (χ1v) is 39.7. The van der Waals surface area contributed by atoms with Gasteiger partial charge in [-0.05, 0) is 120 Å². The fourth-order valence-corrected chi connectivity index (χ4v) is 16.2. The van der Waals surface area contributed by atoms with Crippen molar-refractivity contribution in [2.24, 2.45) is 53.3 Å². The maximum atomic E-state index is 15.2. The second-order valence-corrected chi connectivity index (χ2v) is 32.5. The number of anilines is 1. The van der Waals surface area contributed by atoms with Crippen LogP contribution in [0.3, 0.4) is 0 Å². The van der Waals surface area contributed by atoms with E-state index in [0.717, 1.165) is 28.6 Å². The van der Waals surface area contributed by atoms with E-state index < -0.39 is 202 Å². The van der Waals surface area contributed by atoms with Crippen molar-refractivity contribution in [2.45, 2.75) is 260 Å². The van der Waals surface area contributed by atoms with Crippen molar-refractivity contribution in [1.82, 2.24) is 45.9 Å². The molecule has 3 aliphatic heterocycles. The number of nitrogen functional groups attached to an aromatic ring is 1. The van der Waals surface area contributed by atoms with E-state index in [0.29, 0.717) is 50.5 Å². The number of aliphatic carboxylic acids is 1. The lowest BCUT2D eigenvalue weighted by atomic mass is 9.83. The molecule has 0 aromatic heterocycles. The number of aryl methyl sites for hydroxylation is 1. The van der Waals surface area contributed by atoms with Crippen LogP contribution in [-0.4, -0.2) is 196 Å². The molecule has 2 saturated carbocycles. The molecule has 0 bridgehead atoms. The average molecular weight is 1530 g/mol. The van der Waals surface area contributed by atoms with Gasteiger partial charge in [0.25, 0.3) is 11.8 Å². The summed E-state index contributed by atoms with van der Waals surface area (Å²) in [5.74, 6) is -14.7. The highest BCUT2D eigenvalue weighted by Crippen LogP contribution is 2.39. The number of nitrogens with zero attached hydrogens (tertiary/aromatic N) is 5. The van der Waals surface area contributed by atoms with E-state index >= 15 is 9.59 Å². The van der Waals surface area contributed by atoms with Gasteiger partial charge in [-0.3, -0.25) is 57.5 Å². The summed E-state index contributed by atoms with van der Waals surface area (Å²) < 4.78 is 18.3. The Morgan fingerprint density at radius 3 is 1.45 bits per heavy atom. The zero-order valence-electron chi connectivity index (χ0n) is 67.4. The minimum Gasteiger partial charge on any atom is -0.481 e. The number of carboxylic acid groups (broad SMARTS) is 1. The molecule has 13 atom stereocenters. The van der Waals surface area contributed by atoms with Crippen LogP contribution in [0.25, 0.3) is 22.6 Å². The van der Waals surface area contributed by atoms with E-state index in [9.17, 15) is 57.5 Å². The Morgan fingerprint density at radius 2 is 1.03 bits per heavy atom. The highest BCUT2D eigenvalue weighted by Gasteiger charge is 2.48. The molecule has 3 heterocycles. The predicted octanol–water partition coefficient (Wildman–Crippen LogP) is 8.43. The molecule has 7 N–H and O–H groups in total. The number of benzene rings is 2. The Labute approximate surface area is 646 Å². The summed E-state index contributed by atoms with van der Waals surface area (Å²) in [4.78, 5) is 207. The first kappa shape index (κ1) is 88.1. The number of carbonyl (C=O) groups excluding carboxylic acids is 12. The van der Waals surface area contributed by atoms with Crippen LogP contribution in [0.4, 0.5) is 5.69 Å². The molecular weight excluding hydrogens is 1410 g/mol. The summed E-state index contributed by atoms with van der Waals surface area (Å²) in [5, 5.41) is 19.3. The van der Waals surface area contributed by atoms with Gasteiger partial charge in [0.1, 0.15) is 47.6 Å². The summed E-state index contributed by atoms with van der Waals surface area (Å²) in [6.07, 6.45) is 21.2. The molecule has 1 aromatic carbocycles. The largest absolute Gasteiger partial charge is 0.481 e. The number of amides is 8. The number of hydrogen-bond donors (Lipinski definition) is 6. The number of Topliss-reactive ketones (excluding diaryl/α,β-unsaturated/α-hetero) is 2. The molecule has 8 amide bonds. The van der Waals surface area contributed by atoms with Gasteiger partial charge in [0.2, 0.25) is 40.9 Å². The molecule has 606 valence electrons. The standard InChI is InChI=1S/C64H88N10O16.C18H32O2/c1-27(2)44-53(78)35-19-17-21-37(35)61(84)71(13)25-40(75)73(15)50(29(5)6)63(86)88-33(11)46(59(82)67-44)69-57(80)39-24-23-31(9)55-48(39)66-49-42(43(65)52(77)32(10)56(49)90-55)58(81)70-47-34(12)89-64(87)51(30(7)8)74(16)41(76)26-72(14)62(85)38-22-18-20-36(38)54(79)45(28(3)4)68-60(47)83;19-18(20)16-10-8-6-4-2-1-3-5-7-9-13-17-14-11-12-15-17/h23-24,27-30,33-38,44-47,50-51H,17-22,25-26,65H2,1-16H3,(H,67,82)(H,68,83)(H,69,80)(H,70,81);11,14,17H,1-10,12-13,15-16H2,(H,19,20). The minimum absolute atomic E-state index is 0.0668. The molecule has 0 spiro atoms. The lowest BCUT2D eigenvalue weighted by Crippen LogP contribution is -2.59. The second kappa shape index (κ2) is 39.7. The smallest absolute Gasteiger partial charge is 0.329 e. The average Bonchev–Trinajstić information content (AvgIpc) is 1.02. The third-order valence-electron chi connectivity index (χ3n) is 22.7. The number of likely N-dealkylation sites (N-methyl/N-ethyl adjacent to an activating group) is 4. The normalized spacial score (nSPS) is 26.0. The quantitative estimate of drug-likeness (QED) is 0.0191. The number of unbranched alkanes of at least 4 members (excludes halogenated alkanes) is 9. The fourth-order valence-electron chi connectivity index (χ4n) is 16.2. The van der Waals surface area contributed by atoms with E-state index in [1.165, 1.54) is 142 Å². The lowest BCUT2D eigenvalue weighted by Gasteiger charge is -2.35. The molecule has 2 saturated heterocycles. The van der Waals surface area contributed by atoms with Crippen LogP contribution in [0.2, 0.25) is 0 Å². The number of allylic oxidation sites excluding steroid dienone is 2. The number of aromatic nitrogens is 1. The van der Waals surface area contributed by atoms with E-state index in [2.05, 4.69) is 33.4 Å². The van der Waals surface area contributed by atoms with E-state index in [1.807, 2.05) is 0 Å². The van der Waals surface area contributed by atoms with E-state index in [-0.39, 0.29) is 33.7 Å².